The molecular weight excluding hydrogens is 188 g/mol. The van der Waals surface area contributed by atoms with E-state index in [1.54, 1.807) is 11.0 Å². The van der Waals surface area contributed by atoms with E-state index in [9.17, 15) is 0 Å². The van der Waals surface area contributed by atoms with E-state index in [1.807, 2.05) is 19.2 Å². The highest BCUT2D eigenvalue weighted by atomic mass is 15.3. The van der Waals surface area contributed by atoms with Gasteiger partial charge in [-0.2, -0.15) is 5.10 Å². The Morgan fingerprint density at radius 1 is 1.33 bits per heavy atom. The van der Waals surface area contributed by atoms with Crippen LogP contribution >= 0.6 is 0 Å². The monoisotopic (exact) mass is 202 g/mol. The second-order valence-corrected chi connectivity index (χ2v) is 3.47. The Bertz CT molecular complexity index is 447. The van der Waals surface area contributed by atoms with Crippen LogP contribution in [0.2, 0.25) is 0 Å². The third-order valence-electron chi connectivity index (χ3n) is 2.39. The molecule has 1 N–H and O–H groups in total. The number of rotatable bonds is 3. The van der Waals surface area contributed by atoms with E-state index in [2.05, 4.69) is 34.5 Å². The van der Waals surface area contributed by atoms with Crippen molar-refractivity contribution < 1.29 is 0 Å². The van der Waals surface area contributed by atoms with Crippen molar-refractivity contribution >= 4 is 5.69 Å². The standard InChI is InChI=1S/C11H14N4/c1-9-5-3-4-6-10(9)12-7-11-13-8-14-15(11)2/h3-6,8,12H,7H2,1-2H3. The topological polar surface area (TPSA) is 42.7 Å². The predicted molar refractivity (Wildman–Crippen MR) is 59.5 cm³/mol. The van der Waals surface area contributed by atoms with Crippen LogP contribution in [0.3, 0.4) is 0 Å². The fourth-order valence-corrected chi connectivity index (χ4v) is 1.43. The van der Waals surface area contributed by atoms with Crippen molar-refractivity contribution in [3.63, 3.8) is 0 Å². The average Bonchev–Trinajstić information content (AvgIpc) is 2.63. The van der Waals surface area contributed by atoms with E-state index < -0.39 is 0 Å². The van der Waals surface area contributed by atoms with E-state index in [0.29, 0.717) is 6.54 Å². The molecule has 0 aliphatic rings. The van der Waals surface area contributed by atoms with Crippen molar-refractivity contribution in [2.45, 2.75) is 13.5 Å². The summed E-state index contributed by atoms with van der Waals surface area (Å²) in [6.45, 7) is 2.78. The summed E-state index contributed by atoms with van der Waals surface area (Å²) in [5, 5.41) is 7.35. The lowest BCUT2D eigenvalue weighted by molar-refractivity contribution is 0.712. The van der Waals surface area contributed by atoms with Gasteiger partial charge >= 0.3 is 0 Å². The van der Waals surface area contributed by atoms with Gasteiger partial charge in [-0.3, -0.25) is 4.68 Å². The summed E-state index contributed by atoms with van der Waals surface area (Å²) >= 11 is 0. The maximum absolute atomic E-state index is 4.15. The first-order valence-corrected chi connectivity index (χ1v) is 4.90. The summed E-state index contributed by atoms with van der Waals surface area (Å²) in [5.74, 6) is 0.929. The maximum atomic E-state index is 4.15. The highest BCUT2D eigenvalue weighted by Gasteiger charge is 2.00. The van der Waals surface area contributed by atoms with E-state index >= 15 is 0 Å². The quantitative estimate of drug-likeness (QED) is 0.824. The molecule has 2 rings (SSSR count). The van der Waals surface area contributed by atoms with Crippen LogP contribution in [0.5, 0.6) is 0 Å². The number of aryl methyl sites for hydroxylation is 2. The van der Waals surface area contributed by atoms with E-state index in [0.717, 1.165) is 11.5 Å². The number of nitrogens with zero attached hydrogens (tertiary/aromatic N) is 3. The summed E-state index contributed by atoms with van der Waals surface area (Å²) in [5.41, 5.74) is 2.38. The van der Waals surface area contributed by atoms with Gasteiger partial charge in [0.15, 0.2) is 0 Å². The molecule has 78 valence electrons. The molecule has 4 nitrogen and oxygen atoms in total. The zero-order valence-electron chi connectivity index (χ0n) is 8.94. The van der Waals surface area contributed by atoms with Crippen LogP contribution in [0.15, 0.2) is 30.6 Å². The summed E-state index contributed by atoms with van der Waals surface area (Å²) in [7, 11) is 1.89. The SMILES string of the molecule is Cc1ccccc1NCc1ncnn1C. The van der Waals surface area contributed by atoms with Gasteiger partial charge in [-0.1, -0.05) is 18.2 Å². The molecule has 4 heteroatoms. The van der Waals surface area contributed by atoms with E-state index in [4.69, 9.17) is 0 Å². The van der Waals surface area contributed by atoms with Crippen molar-refractivity contribution in [1.82, 2.24) is 14.8 Å². The second kappa shape index (κ2) is 4.13. The number of aromatic nitrogens is 3. The fraction of sp³-hybridized carbons (Fsp3) is 0.273. The van der Waals surface area contributed by atoms with Crippen LogP contribution in [-0.2, 0) is 13.6 Å². The van der Waals surface area contributed by atoms with Crippen LogP contribution < -0.4 is 5.32 Å². The Morgan fingerprint density at radius 3 is 2.80 bits per heavy atom. The van der Waals surface area contributed by atoms with Gasteiger partial charge in [-0.15, -0.1) is 0 Å². The molecule has 15 heavy (non-hydrogen) atoms. The average molecular weight is 202 g/mol. The van der Waals surface area contributed by atoms with Crippen molar-refractivity contribution in [1.29, 1.82) is 0 Å². The second-order valence-electron chi connectivity index (χ2n) is 3.47. The summed E-state index contributed by atoms with van der Waals surface area (Å²) in [6, 6.07) is 8.19. The van der Waals surface area contributed by atoms with Crippen LogP contribution in [0.25, 0.3) is 0 Å². The molecule has 0 atom stereocenters. The molecule has 0 aliphatic heterocycles. The van der Waals surface area contributed by atoms with E-state index in [1.165, 1.54) is 5.56 Å². The number of nitrogens with one attached hydrogen (secondary N) is 1. The minimum Gasteiger partial charge on any atom is -0.378 e. The smallest absolute Gasteiger partial charge is 0.145 e. The molecule has 0 radical (unpaired) electrons. The normalized spacial score (nSPS) is 10.3. The van der Waals surface area contributed by atoms with E-state index in [-0.39, 0.29) is 0 Å². The van der Waals surface area contributed by atoms with Crippen LogP contribution in [0, 0.1) is 6.92 Å². The summed E-state index contributed by atoms with van der Waals surface area (Å²) < 4.78 is 1.77. The molecule has 0 saturated carbocycles. The molecule has 0 amide bonds. The number of anilines is 1. The van der Waals surface area contributed by atoms with Gasteiger partial charge in [0.25, 0.3) is 0 Å². The Morgan fingerprint density at radius 2 is 2.13 bits per heavy atom. The number of benzene rings is 1. The molecule has 0 bridgehead atoms. The van der Waals surface area contributed by atoms with Gasteiger partial charge in [-0.05, 0) is 18.6 Å². The zero-order chi connectivity index (χ0) is 10.7. The summed E-state index contributed by atoms with van der Waals surface area (Å²) in [4.78, 5) is 4.15. The van der Waals surface area contributed by atoms with Crippen molar-refractivity contribution in [3.05, 3.63) is 42.0 Å². The first-order valence-electron chi connectivity index (χ1n) is 4.90. The molecule has 0 spiro atoms. The molecular formula is C11H14N4. The Hall–Kier alpha value is -1.84. The Balaban J connectivity index is 2.06. The lowest BCUT2D eigenvalue weighted by Gasteiger charge is -2.08. The minimum absolute atomic E-state index is 0.696. The van der Waals surface area contributed by atoms with Gasteiger partial charge in [0.05, 0.1) is 6.54 Å². The van der Waals surface area contributed by atoms with Gasteiger partial charge in [0.2, 0.25) is 0 Å². The number of hydrogen-bond donors (Lipinski definition) is 1. The first kappa shape index (κ1) is 9.71. The van der Waals surface area contributed by atoms with Gasteiger partial charge < -0.3 is 5.32 Å². The Kier molecular flexibility index (Phi) is 2.67. The van der Waals surface area contributed by atoms with Gasteiger partial charge in [-0.25, -0.2) is 4.98 Å². The minimum atomic E-state index is 0.696. The largest absolute Gasteiger partial charge is 0.378 e. The highest BCUT2D eigenvalue weighted by Crippen LogP contribution is 2.13. The third kappa shape index (κ3) is 2.15. The van der Waals surface area contributed by atoms with Gasteiger partial charge in [0, 0.05) is 12.7 Å². The lowest BCUT2D eigenvalue weighted by Crippen LogP contribution is -2.07. The first-order chi connectivity index (χ1) is 7.27. The predicted octanol–water partition coefficient (Wildman–Crippen LogP) is 1.74. The van der Waals surface area contributed by atoms with Crippen molar-refractivity contribution in [3.8, 4) is 0 Å². The third-order valence-corrected chi connectivity index (χ3v) is 2.39. The highest BCUT2D eigenvalue weighted by molar-refractivity contribution is 5.50. The van der Waals surface area contributed by atoms with Crippen LogP contribution in [-0.4, -0.2) is 14.8 Å². The molecule has 1 aromatic heterocycles. The van der Waals surface area contributed by atoms with Crippen LogP contribution in [0.1, 0.15) is 11.4 Å². The fourth-order valence-electron chi connectivity index (χ4n) is 1.43. The summed E-state index contributed by atoms with van der Waals surface area (Å²) in [6.07, 6.45) is 1.56. The molecule has 1 heterocycles. The molecule has 0 unspecified atom stereocenters. The van der Waals surface area contributed by atoms with Crippen molar-refractivity contribution in [2.75, 3.05) is 5.32 Å². The molecule has 2 aromatic rings. The van der Waals surface area contributed by atoms with Gasteiger partial charge in [0.1, 0.15) is 12.2 Å². The maximum Gasteiger partial charge on any atom is 0.145 e. The lowest BCUT2D eigenvalue weighted by atomic mass is 10.2. The molecule has 0 fully saturated rings. The molecule has 1 aromatic carbocycles. The number of hydrogen-bond acceptors (Lipinski definition) is 3. The van der Waals surface area contributed by atoms with Crippen LogP contribution in [0.4, 0.5) is 5.69 Å². The molecule has 0 aliphatic carbocycles. The zero-order valence-corrected chi connectivity index (χ0v) is 8.94. The molecule has 0 saturated heterocycles. The Labute approximate surface area is 89.0 Å². The number of para-hydroxylation sites is 1. The van der Waals surface area contributed by atoms with Crippen molar-refractivity contribution in [2.24, 2.45) is 7.05 Å².